The molecule has 0 radical (unpaired) electrons. The van der Waals surface area contributed by atoms with E-state index in [0.717, 1.165) is 96.4 Å². The van der Waals surface area contributed by atoms with Crippen molar-refractivity contribution in [3.63, 3.8) is 0 Å². The highest BCUT2D eigenvalue weighted by Gasteiger charge is 2.66. The number of Topliss-reactive ketones (excluding diaryl/α,β-unsaturated/α-hetero) is 2. The molecule has 23 heteroatoms. The largest absolute Gasteiger partial charge is 0.480 e. The van der Waals surface area contributed by atoms with Gasteiger partial charge in [0, 0.05) is 111 Å². The fraction of sp³-hybridized carbons (Fsp3) is 0.900. The van der Waals surface area contributed by atoms with Crippen molar-refractivity contribution in [1.29, 1.82) is 0 Å². The minimum Gasteiger partial charge on any atom is -0.480 e. The van der Waals surface area contributed by atoms with Gasteiger partial charge >= 0.3 is 12.0 Å². The fourth-order valence-electron chi connectivity index (χ4n) is 16.3. The third kappa shape index (κ3) is 28.6. The van der Waals surface area contributed by atoms with E-state index < -0.39 is 5.97 Å². The SMILES string of the molecule is CCCCCCCCN(CCC[C@@H](C)[C@H]1CC[C@H]2C3C(OCCCNC(C)=O)C[C@@H]4C[C@H](OCCCNC(C)=O)CC[C@]4(C)[C@H]3C[C@H](OCCCNC(C)=O)[C@]12C)C(=O)NCCOCCOCCOCCOCCCC(=O)CN1CCN(CC(C)=O)CN(CC(=O)O)C1. The lowest BCUT2D eigenvalue weighted by atomic mass is 9.43. The van der Waals surface area contributed by atoms with Gasteiger partial charge in [0.05, 0.1) is 97.5 Å². The Morgan fingerprint density at radius 3 is 1.74 bits per heavy atom. The molecule has 1 saturated heterocycles. The number of fused-ring (bicyclic) bond motifs is 5. The Kier molecular flexibility index (Phi) is 37.8. The summed E-state index contributed by atoms with van der Waals surface area (Å²) < 4.78 is 43.8. The molecule has 23 nitrogen and oxygen atoms in total. The number of ketones is 2. The number of carbonyl (C=O) groups excluding carboxylic acids is 6. The van der Waals surface area contributed by atoms with Crippen LogP contribution in [0.2, 0.25) is 0 Å². The molecule has 0 spiro atoms. The summed E-state index contributed by atoms with van der Waals surface area (Å²) in [5, 5.41) is 21.3. The second-order valence-electron chi connectivity index (χ2n) is 28.1. The molecule has 5 fully saturated rings. The van der Waals surface area contributed by atoms with Crippen LogP contribution in [0.3, 0.4) is 0 Å². The Balaban J connectivity index is 1.06. The molecule has 0 aromatic rings. The van der Waals surface area contributed by atoms with Crippen molar-refractivity contribution in [3.8, 4) is 0 Å². The van der Waals surface area contributed by atoms with Gasteiger partial charge in [-0.3, -0.25) is 43.5 Å². The Bertz CT molecular complexity index is 2200. The van der Waals surface area contributed by atoms with Crippen LogP contribution in [-0.4, -0.2) is 242 Å². The molecule has 11 atom stereocenters. The summed E-state index contributed by atoms with van der Waals surface area (Å²) in [5.41, 5.74) is 0.00272. The van der Waals surface area contributed by atoms with E-state index in [4.69, 9.17) is 33.2 Å². The van der Waals surface area contributed by atoms with Crippen LogP contribution in [0.4, 0.5) is 4.79 Å². The van der Waals surface area contributed by atoms with Gasteiger partial charge in [-0.25, -0.2) is 4.79 Å². The van der Waals surface area contributed by atoms with Crippen LogP contribution in [0.1, 0.15) is 184 Å². The van der Waals surface area contributed by atoms with E-state index in [1.165, 1.54) is 32.6 Å². The van der Waals surface area contributed by atoms with Gasteiger partial charge in [0.15, 0.2) is 0 Å². The number of hydrogen-bond donors (Lipinski definition) is 5. The maximum Gasteiger partial charge on any atom is 0.317 e. The van der Waals surface area contributed by atoms with Crippen molar-refractivity contribution >= 4 is 41.3 Å². The number of unbranched alkanes of at least 4 members (excludes halogenated alkanes) is 5. The van der Waals surface area contributed by atoms with Crippen LogP contribution in [0.5, 0.6) is 0 Å². The van der Waals surface area contributed by atoms with Gasteiger partial charge in [0.25, 0.3) is 0 Å². The first-order valence-electron chi connectivity index (χ1n) is 36.1. The average molecular weight is 1320 g/mol. The lowest BCUT2D eigenvalue weighted by Crippen LogP contribution is -2.63. The topological polar surface area (TPSA) is 265 Å². The Morgan fingerprint density at radius 1 is 0.559 bits per heavy atom. The molecule has 5 aliphatic rings. The number of nitrogens with zero attached hydrogens (tertiary/aromatic N) is 4. The van der Waals surface area contributed by atoms with Crippen LogP contribution in [0.25, 0.3) is 0 Å². The third-order valence-electron chi connectivity index (χ3n) is 20.8. The zero-order valence-corrected chi connectivity index (χ0v) is 58.8. The number of carboxylic acids is 1. The van der Waals surface area contributed by atoms with Crippen LogP contribution >= 0.6 is 0 Å². The smallest absolute Gasteiger partial charge is 0.317 e. The summed E-state index contributed by atoms with van der Waals surface area (Å²) in [6.45, 7) is 26.8. The van der Waals surface area contributed by atoms with Crippen molar-refractivity contribution in [2.45, 2.75) is 202 Å². The highest BCUT2D eigenvalue weighted by atomic mass is 16.6. The molecule has 0 bridgehead atoms. The molecular weight excluding hydrogens is 1190 g/mol. The predicted octanol–water partition coefficient (Wildman–Crippen LogP) is 7.31. The van der Waals surface area contributed by atoms with Crippen molar-refractivity contribution < 1.29 is 71.8 Å². The van der Waals surface area contributed by atoms with E-state index in [1.807, 2.05) is 14.7 Å². The molecular formula is C70H126N8O15. The minimum absolute atomic E-state index is 0.0155. The highest BCUT2D eigenvalue weighted by molar-refractivity contribution is 5.80. The van der Waals surface area contributed by atoms with E-state index in [0.29, 0.717) is 180 Å². The van der Waals surface area contributed by atoms with E-state index >= 15 is 0 Å². The summed E-state index contributed by atoms with van der Waals surface area (Å²) >= 11 is 0. The van der Waals surface area contributed by atoms with Crippen LogP contribution in [0.15, 0.2) is 0 Å². The number of rotatable bonds is 49. The first-order chi connectivity index (χ1) is 44.7. The van der Waals surface area contributed by atoms with Crippen molar-refractivity contribution in [2.75, 3.05) is 158 Å². The third-order valence-corrected chi connectivity index (χ3v) is 20.8. The molecule has 1 heterocycles. The van der Waals surface area contributed by atoms with Crippen molar-refractivity contribution in [3.05, 3.63) is 0 Å². The number of amides is 5. The average Bonchev–Trinajstić information content (AvgIpc) is 1.68. The molecule has 0 aromatic heterocycles. The van der Waals surface area contributed by atoms with E-state index in [-0.39, 0.29) is 84.1 Å². The zero-order valence-electron chi connectivity index (χ0n) is 58.8. The summed E-state index contributed by atoms with van der Waals surface area (Å²) in [6.07, 6.45) is 19.7. The van der Waals surface area contributed by atoms with E-state index in [2.05, 4.69) is 49.0 Å². The molecule has 536 valence electrons. The first kappa shape index (κ1) is 79.8. The normalized spacial score (nSPS) is 26.1. The molecule has 2 unspecified atom stereocenters. The number of nitrogens with one attached hydrogen (secondary N) is 4. The Hall–Kier alpha value is -3.91. The molecule has 5 N–H and O–H groups in total. The Labute approximate surface area is 558 Å². The lowest BCUT2D eigenvalue weighted by Gasteiger charge is -2.65. The van der Waals surface area contributed by atoms with E-state index in [1.54, 1.807) is 25.7 Å². The van der Waals surface area contributed by atoms with Gasteiger partial charge < -0.3 is 64.4 Å². The maximum atomic E-state index is 13.9. The number of aliphatic carboxylic acids is 1. The highest BCUT2D eigenvalue weighted by Crippen LogP contribution is 2.69. The second-order valence-corrected chi connectivity index (χ2v) is 28.1. The monoisotopic (exact) mass is 1320 g/mol. The van der Waals surface area contributed by atoms with Gasteiger partial charge in [-0.2, -0.15) is 0 Å². The fourth-order valence-corrected chi connectivity index (χ4v) is 16.3. The maximum absolute atomic E-state index is 13.9. The number of urea groups is 1. The molecule has 93 heavy (non-hydrogen) atoms. The second kappa shape index (κ2) is 44.1. The minimum atomic E-state index is -0.948. The van der Waals surface area contributed by atoms with Crippen LogP contribution < -0.4 is 21.3 Å². The number of carboxylic acid groups (broad SMARTS) is 1. The van der Waals surface area contributed by atoms with Crippen LogP contribution in [-0.2, 0) is 61.9 Å². The standard InChI is InChI=1S/C70H126N8O15/c1-9-10-11-12-13-14-30-78(68(86)74-29-38-88-40-42-90-44-43-89-41-39-87-34-16-21-59(83)49-76-33-32-75(48-54(3)79)51-77(52-76)50-66(84)85)31-15-20-53(2)61-22-23-62-67-63(47-65(70(61,62)8)93-37-19-28-73-57(6)82)69(7)25-24-60(91-35-17-26-71-55(4)80)45-58(69)46-64(67)92-36-18-27-72-56(5)81/h53,58,60-65,67H,9-52H2,1-8H3,(H,71,80)(H,72,81)(H,73,82)(H,74,86)(H,84,85)/t53-,58+,60-,61-,62+,63+,64?,65+,67?,69+,70-/m1/s1. The summed E-state index contributed by atoms with van der Waals surface area (Å²) in [6, 6.07) is -0.0460. The summed E-state index contributed by atoms with van der Waals surface area (Å²) in [5.74, 6) is 1.51. The molecule has 4 saturated carbocycles. The number of ether oxygens (including phenoxy) is 7. The van der Waals surface area contributed by atoms with Gasteiger partial charge in [-0.1, -0.05) is 59.8 Å². The van der Waals surface area contributed by atoms with Gasteiger partial charge in [-0.05, 0) is 138 Å². The molecule has 1 aliphatic heterocycles. The van der Waals surface area contributed by atoms with Gasteiger partial charge in [0.1, 0.15) is 11.6 Å². The quantitative estimate of drug-likeness (QED) is 0.0374. The summed E-state index contributed by atoms with van der Waals surface area (Å²) in [4.78, 5) is 92.6. The van der Waals surface area contributed by atoms with Gasteiger partial charge in [0.2, 0.25) is 17.7 Å². The van der Waals surface area contributed by atoms with Crippen molar-refractivity contribution in [1.82, 2.24) is 40.9 Å². The molecule has 5 rings (SSSR count). The molecule has 5 amide bonds. The van der Waals surface area contributed by atoms with Crippen LogP contribution in [0, 0.1) is 46.3 Å². The molecule has 4 aliphatic carbocycles. The van der Waals surface area contributed by atoms with Crippen molar-refractivity contribution in [2.24, 2.45) is 46.3 Å². The number of hydrogen-bond acceptors (Lipinski definition) is 17. The van der Waals surface area contributed by atoms with E-state index in [9.17, 15) is 38.7 Å². The summed E-state index contributed by atoms with van der Waals surface area (Å²) in [7, 11) is 0. The lowest BCUT2D eigenvalue weighted by molar-refractivity contribution is -0.227. The first-order valence-corrected chi connectivity index (χ1v) is 36.1. The predicted molar refractivity (Wildman–Crippen MR) is 357 cm³/mol. The number of carbonyl (C=O) groups is 7. The van der Waals surface area contributed by atoms with Gasteiger partial charge in [-0.15, -0.1) is 0 Å². The molecule has 0 aromatic carbocycles. The Morgan fingerprint density at radius 2 is 1.13 bits per heavy atom. The zero-order chi connectivity index (χ0) is 67.4.